The van der Waals surface area contributed by atoms with Crippen LogP contribution in [0.1, 0.15) is 12.8 Å². The maximum absolute atomic E-state index is 8.79. The van der Waals surface area contributed by atoms with Gasteiger partial charge in [-0.2, -0.15) is 0 Å². The molecular weight excluding hydrogens is 164 g/mol. The van der Waals surface area contributed by atoms with Gasteiger partial charge in [0.05, 0.1) is 19.3 Å². The summed E-state index contributed by atoms with van der Waals surface area (Å²) in [6, 6.07) is 0. The summed E-state index contributed by atoms with van der Waals surface area (Å²) in [5.41, 5.74) is 0. The van der Waals surface area contributed by atoms with Crippen molar-refractivity contribution in [3.63, 3.8) is 0 Å². The highest BCUT2D eigenvalue weighted by Gasteiger charge is 2.25. The topological polar surface area (TPSA) is 49.7 Å². The third-order valence-corrected chi connectivity index (χ3v) is 2.00. The van der Waals surface area contributed by atoms with E-state index >= 15 is 0 Å². The Labute approximate surface area is 71.0 Å². The van der Waals surface area contributed by atoms with Crippen LogP contribution >= 0.6 is 12.2 Å². The van der Waals surface area contributed by atoms with E-state index in [4.69, 9.17) is 14.9 Å². The molecule has 1 rings (SSSR count). The number of aliphatic hydroxyl groups is 2. The first-order chi connectivity index (χ1) is 5.22. The Morgan fingerprint density at radius 2 is 2.36 bits per heavy atom. The van der Waals surface area contributed by atoms with E-state index < -0.39 is 0 Å². The van der Waals surface area contributed by atoms with E-state index in [2.05, 4.69) is 12.2 Å². The maximum Gasteiger partial charge on any atom is 0.156 e. The van der Waals surface area contributed by atoms with Crippen LogP contribution in [0, 0.1) is 5.92 Å². The molecule has 1 aliphatic heterocycles. The molecule has 64 valence electrons. The van der Waals surface area contributed by atoms with Gasteiger partial charge >= 0.3 is 0 Å². The molecule has 2 atom stereocenters. The minimum atomic E-state index is -0.0469. The lowest BCUT2D eigenvalue weighted by atomic mass is 10.0. The van der Waals surface area contributed by atoms with Gasteiger partial charge in [0.25, 0.3) is 0 Å². The molecule has 1 heterocycles. The van der Waals surface area contributed by atoms with Gasteiger partial charge in [-0.25, -0.2) is 0 Å². The molecule has 0 amide bonds. The maximum atomic E-state index is 8.79. The number of thiocarbonyl (C=S) groups is 1. The van der Waals surface area contributed by atoms with Crippen molar-refractivity contribution >= 4 is 17.3 Å². The lowest BCUT2D eigenvalue weighted by Gasteiger charge is -2.03. The Morgan fingerprint density at radius 1 is 1.64 bits per heavy atom. The molecular formula is C7H12O3S. The highest BCUT2D eigenvalue weighted by Crippen LogP contribution is 2.22. The molecule has 0 aromatic rings. The lowest BCUT2D eigenvalue weighted by Crippen LogP contribution is -2.10. The monoisotopic (exact) mass is 176 g/mol. The zero-order valence-corrected chi connectivity index (χ0v) is 7.01. The third-order valence-electron chi connectivity index (χ3n) is 1.83. The summed E-state index contributed by atoms with van der Waals surface area (Å²) in [4.78, 5) is 0. The smallest absolute Gasteiger partial charge is 0.156 e. The first-order valence-corrected chi connectivity index (χ1v) is 4.07. The lowest BCUT2D eigenvalue weighted by molar-refractivity contribution is 0.0574. The van der Waals surface area contributed by atoms with Gasteiger partial charge in [0, 0.05) is 6.42 Å². The average Bonchev–Trinajstić information content (AvgIpc) is 2.34. The van der Waals surface area contributed by atoms with Crippen molar-refractivity contribution in [3.05, 3.63) is 0 Å². The summed E-state index contributed by atoms with van der Waals surface area (Å²) in [5.74, 6) is 0.296. The molecule has 1 aliphatic rings. The van der Waals surface area contributed by atoms with Crippen LogP contribution in [0.25, 0.3) is 0 Å². The molecule has 0 aromatic carbocycles. The molecule has 0 aliphatic carbocycles. The summed E-state index contributed by atoms with van der Waals surface area (Å²) >= 11 is 4.54. The minimum absolute atomic E-state index is 0.0391. The molecule has 1 fully saturated rings. The molecule has 2 N–H and O–H groups in total. The molecule has 0 aromatic heterocycles. The second-order valence-electron chi connectivity index (χ2n) is 2.84. The van der Waals surface area contributed by atoms with Crippen molar-refractivity contribution in [2.45, 2.75) is 18.9 Å². The number of hydrogen-bond donors (Lipinski definition) is 2. The second-order valence-corrected chi connectivity index (χ2v) is 3.31. The van der Waals surface area contributed by atoms with Crippen LogP contribution in [0.3, 0.4) is 0 Å². The number of ether oxygens (including phenoxy) is 1. The van der Waals surface area contributed by atoms with Gasteiger partial charge in [-0.1, -0.05) is 0 Å². The second kappa shape index (κ2) is 3.99. The molecule has 11 heavy (non-hydrogen) atoms. The van der Waals surface area contributed by atoms with Crippen molar-refractivity contribution in [3.8, 4) is 0 Å². The summed E-state index contributed by atoms with van der Waals surface area (Å²) in [6.45, 7) is 0.667. The fourth-order valence-electron chi connectivity index (χ4n) is 1.30. The predicted molar refractivity (Wildman–Crippen MR) is 44.8 cm³/mol. The van der Waals surface area contributed by atoms with E-state index in [0.717, 1.165) is 6.42 Å². The normalized spacial score (nSPS) is 30.6. The molecule has 0 bridgehead atoms. The van der Waals surface area contributed by atoms with E-state index in [1.165, 1.54) is 0 Å². The first kappa shape index (κ1) is 8.90. The molecule has 0 spiro atoms. The SMILES string of the molecule is OC[C@H]1C[C@H](CC(O)=S)CO1. The largest absolute Gasteiger partial charge is 0.502 e. The van der Waals surface area contributed by atoms with Crippen molar-refractivity contribution in [2.75, 3.05) is 13.2 Å². The van der Waals surface area contributed by atoms with Crippen LogP contribution in [0.15, 0.2) is 0 Å². The summed E-state index contributed by atoms with van der Waals surface area (Å²) in [5, 5.41) is 17.5. The molecule has 1 saturated heterocycles. The molecule has 4 heteroatoms. The number of hydrogen-bond acceptors (Lipinski definition) is 3. The van der Waals surface area contributed by atoms with Crippen LogP contribution in [0.2, 0.25) is 0 Å². The van der Waals surface area contributed by atoms with Gasteiger partial charge in [0.15, 0.2) is 5.05 Å². The third kappa shape index (κ3) is 2.73. The number of aliphatic hydroxyl groups excluding tert-OH is 2. The molecule has 0 unspecified atom stereocenters. The van der Waals surface area contributed by atoms with E-state index in [1.54, 1.807) is 0 Å². The van der Waals surface area contributed by atoms with Crippen LogP contribution in [0.5, 0.6) is 0 Å². The van der Waals surface area contributed by atoms with Crippen molar-refractivity contribution < 1.29 is 14.9 Å². The minimum Gasteiger partial charge on any atom is -0.502 e. The standard InChI is InChI=1S/C7H12O3S/c8-3-6-1-5(4-10-6)2-7(9)11/h5-6,8H,1-4H2,(H,9,11)/t5-,6-/m1/s1. The Balaban J connectivity index is 2.24. The average molecular weight is 176 g/mol. The summed E-state index contributed by atoms with van der Waals surface area (Å²) in [7, 11) is 0. The van der Waals surface area contributed by atoms with Crippen molar-refractivity contribution in [1.29, 1.82) is 0 Å². The van der Waals surface area contributed by atoms with Crippen LogP contribution in [-0.4, -0.2) is 34.6 Å². The van der Waals surface area contributed by atoms with Gasteiger partial charge < -0.3 is 14.9 Å². The Hall–Kier alpha value is -0.190. The number of rotatable bonds is 3. The van der Waals surface area contributed by atoms with E-state index in [0.29, 0.717) is 18.9 Å². The Bertz CT molecular complexity index is 149. The van der Waals surface area contributed by atoms with Gasteiger partial charge in [0.2, 0.25) is 0 Å². The van der Waals surface area contributed by atoms with Crippen molar-refractivity contribution in [2.24, 2.45) is 5.92 Å². The highest BCUT2D eigenvalue weighted by molar-refractivity contribution is 7.80. The van der Waals surface area contributed by atoms with E-state index in [1.807, 2.05) is 0 Å². The zero-order chi connectivity index (χ0) is 8.27. The Kier molecular flexibility index (Phi) is 3.23. The highest BCUT2D eigenvalue weighted by atomic mass is 32.1. The quantitative estimate of drug-likeness (QED) is 0.620. The predicted octanol–water partition coefficient (Wildman–Crippen LogP) is 0.659. The van der Waals surface area contributed by atoms with Crippen LogP contribution < -0.4 is 0 Å². The van der Waals surface area contributed by atoms with Gasteiger partial charge in [-0.3, -0.25) is 0 Å². The van der Waals surface area contributed by atoms with E-state index in [-0.39, 0.29) is 17.8 Å². The van der Waals surface area contributed by atoms with Gasteiger partial charge in [-0.15, -0.1) is 0 Å². The fourth-order valence-corrected chi connectivity index (χ4v) is 1.53. The molecule has 3 nitrogen and oxygen atoms in total. The Morgan fingerprint density at radius 3 is 2.82 bits per heavy atom. The summed E-state index contributed by atoms with van der Waals surface area (Å²) < 4.78 is 5.19. The van der Waals surface area contributed by atoms with E-state index in [9.17, 15) is 0 Å². The fraction of sp³-hybridized carbons (Fsp3) is 0.857. The van der Waals surface area contributed by atoms with Crippen LogP contribution in [-0.2, 0) is 4.74 Å². The first-order valence-electron chi connectivity index (χ1n) is 3.66. The molecule has 0 saturated carbocycles. The van der Waals surface area contributed by atoms with Crippen molar-refractivity contribution in [1.82, 2.24) is 0 Å². The van der Waals surface area contributed by atoms with Gasteiger partial charge in [-0.05, 0) is 24.6 Å². The van der Waals surface area contributed by atoms with Gasteiger partial charge in [0.1, 0.15) is 0 Å². The molecule has 0 radical (unpaired) electrons. The zero-order valence-electron chi connectivity index (χ0n) is 6.19. The van der Waals surface area contributed by atoms with Crippen LogP contribution in [0.4, 0.5) is 0 Å². The summed E-state index contributed by atoms with van der Waals surface area (Å²) in [6.07, 6.45) is 1.28.